The zero-order valence-electron chi connectivity index (χ0n) is 7.92. The van der Waals surface area contributed by atoms with Gasteiger partial charge >= 0.3 is 0 Å². The van der Waals surface area contributed by atoms with Crippen molar-refractivity contribution in [2.45, 2.75) is 13.3 Å². The molecule has 14 heavy (non-hydrogen) atoms. The maximum Gasteiger partial charge on any atom is 0.227 e. The van der Waals surface area contributed by atoms with E-state index in [1.54, 1.807) is 12.1 Å². The molecule has 1 heterocycles. The van der Waals surface area contributed by atoms with Gasteiger partial charge in [-0.3, -0.25) is 4.79 Å². The van der Waals surface area contributed by atoms with Gasteiger partial charge in [-0.2, -0.15) is 0 Å². The molecule has 1 aromatic heterocycles. The summed E-state index contributed by atoms with van der Waals surface area (Å²) in [5, 5.41) is 3.57. The average molecular weight is 233 g/mol. The molecule has 0 radical (unpaired) electrons. The first-order valence-corrected chi connectivity index (χ1v) is 5.59. The number of anilines is 1. The molecule has 1 aromatic rings. The minimum Gasteiger partial charge on any atom is -0.330 e. The molecule has 0 saturated carbocycles. The Hall–Kier alpha value is -0.580. The number of carbonyl (C=O) groups is 1. The lowest BCUT2D eigenvalue weighted by molar-refractivity contribution is -0.119. The van der Waals surface area contributed by atoms with Crippen molar-refractivity contribution in [3.63, 3.8) is 0 Å². The Morgan fingerprint density at radius 1 is 1.71 bits per heavy atom. The van der Waals surface area contributed by atoms with Gasteiger partial charge in [-0.25, -0.2) is 0 Å². The molecular formula is C9H13ClN2OS. The third-order valence-corrected chi connectivity index (χ3v) is 3.01. The molecule has 1 unspecified atom stereocenters. The Labute approximate surface area is 92.3 Å². The van der Waals surface area contributed by atoms with Crippen LogP contribution in [0.3, 0.4) is 0 Å². The van der Waals surface area contributed by atoms with Crippen LogP contribution in [0.25, 0.3) is 0 Å². The first kappa shape index (κ1) is 11.5. The van der Waals surface area contributed by atoms with E-state index >= 15 is 0 Å². The Bertz CT molecular complexity index is 314. The summed E-state index contributed by atoms with van der Waals surface area (Å²) in [7, 11) is 0. The van der Waals surface area contributed by atoms with Crippen molar-refractivity contribution in [3.05, 3.63) is 16.5 Å². The van der Waals surface area contributed by atoms with E-state index in [1.807, 2.05) is 6.92 Å². The largest absolute Gasteiger partial charge is 0.330 e. The fraction of sp³-hybridized carbons (Fsp3) is 0.444. The third kappa shape index (κ3) is 3.29. The number of nitrogens with one attached hydrogen (secondary N) is 1. The summed E-state index contributed by atoms with van der Waals surface area (Å²) in [5.74, 6) is -0.0603. The minimum atomic E-state index is -0.0547. The number of amides is 1. The van der Waals surface area contributed by atoms with Crippen molar-refractivity contribution in [2.75, 3.05) is 11.9 Å². The maximum absolute atomic E-state index is 11.5. The normalized spacial score (nSPS) is 12.5. The van der Waals surface area contributed by atoms with Crippen LogP contribution >= 0.6 is 22.9 Å². The molecule has 1 atom stereocenters. The lowest BCUT2D eigenvalue weighted by Crippen LogP contribution is -2.22. The molecule has 0 fully saturated rings. The van der Waals surface area contributed by atoms with Crippen molar-refractivity contribution in [1.29, 1.82) is 0 Å². The minimum absolute atomic E-state index is 0.00559. The number of hydrogen-bond donors (Lipinski definition) is 2. The van der Waals surface area contributed by atoms with E-state index < -0.39 is 0 Å². The quantitative estimate of drug-likeness (QED) is 0.837. The number of thiophene rings is 1. The van der Waals surface area contributed by atoms with Crippen molar-refractivity contribution >= 4 is 33.8 Å². The topological polar surface area (TPSA) is 55.1 Å². The lowest BCUT2D eigenvalue weighted by atomic mass is 10.1. The smallest absolute Gasteiger partial charge is 0.227 e. The second-order valence-electron chi connectivity index (χ2n) is 3.07. The van der Waals surface area contributed by atoms with Crippen molar-refractivity contribution in [1.82, 2.24) is 0 Å². The van der Waals surface area contributed by atoms with Crippen LogP contribution in [0, 0.1) is 5.92 Å². The van der Waals surface area contributed by atoms with Gasteiger partial charge in [-0.1, -0.05) is 18.5 Å². The van der Waals surface area contributed by atoms with Crippen LogP contribution in [-0.4, -0.2) is 12.5 Å². The fourth-order valence-corrected chi connectivity index (χ4v) is 1.95. The van der Waals surface area contributed by atoms with E-state index in [4.69, 9.17) is 17.3 Å². The fourth-order valence-electron chi connectivity index (χ4n) is 1.01. The third-order valence-electron chi connectivity index (χ3n) is 1.87. The van der Waals surface area contributed by atoms with E-state index in [0.29, 0.717) is 17.3 Å². The summed E-state index contributed by atoms with van der Waals surface area (Å²) in [6, 6.07) is 3.55. The Morgan fingerprint density at radius 2 is 2.43 bits per heavy atom. The zero-order chi connectivity index (χ0) is 10.6. The molecule has 0 aliphatic carbocycles. The van der Waals surface area contributed by atoms with E-state index in [2.05, 4.69) is 5.32 Å². The zero-order valence-corrected chi connectivity index (χ0v) is 9.49. The van der Waals surface area contributed by atoms with Crippen molar-refractivity contribution in [3.8, 4) is 0 Å². The molecule has 0 spiro atoms. The summed E-state index contributed by atoms with van der Waals surface area (Å²) in [5.41, 5.74) is 5.37. The Morgan fingerprint density at radius 3 is 2.93 bits per heavy atom. The number of halogens is 1. The second kappa shape index (κ2) is 5.34. The first-order chi connectivity index (χ1) is 6.63. The maximum atomic E-state index is 11.5. The van der Waals surface area contributed by atoms with E-state index in [9.17, 15) is 4.79 Å². The summed E-state index contributed by atoms with van der Waals surface area (Å²) >= 11 is 7.09. The van der Waals surface area contributed by atoms with Crippen molar-refractivity contribution < 1.29 is 4.79 Å². The van der Waals surface area contributed by atoms with Crippen LogP contribution in [-0.2, 0) is 4.79 Å². The van der Waals surface area contributed by atoms with Gasteiger partial charge in [0, 0.05) is 5.92 Å². The highest BCUT2D eigenvalue weighted by molar-refractivity contribution is 7.20. The Balaban J connectivity index is 2.48. The van der Waals surface area contributed by atoms with Gasteiger partial charge in [-0.15, -0.1) is 11.3 Å². The second-order valence-corrected chi connectivity index (χ2v) is 4.79. The van der Waals surface area contributed by atoms with Crippen molar-refractivity contribution in [2.24, 2.45) is 11.7 Å². The SMILES string of the molecule is CC(CCN)C(=O)Nc1ccc(Cl)s1. The summed E-state index contributed by atoms with van der Waals surface area (Å²) in [6.07, 6.45) is 0.699. The van der Waals surface area contributed by atoms with Gasteiger partial charge in [0.2, 0.25) is 5.91 Å². The van der Waals surface area contributed by atoms with Crippen LogP contribution in [0.5, 0.6) is 0 Å². The molecule has 1 rings (SSSR count). The number of rotatable bonds is 4. The molecule has 0 aliphatic heterocycles. The van der Waals surface area contributed by atoms with Gasteiger partial charge in [0.1, 0.15) is 0 Å². The van der Waals surface area contributed by atoms with E-state index in [0.717, 1.165) is 5.00 Å². The molecule has 0 aromatic carbocycles. The van der Waals surface area contributed by atoms with Gasteiger partial charge in [-0.05, 0) is 25.1 Å². The van der Waals surface area contributed by atoms with Gasteiger partial charge < -0.3 is 11.1 Å². The first-order valence-electron chi connectivity index (χ1n) is 4.39. The van der Waals surface area contributed by atoms with Crippen LogP contribution in [0.2, 0.25) is 4.34 Å². The molecular weight excluding hydrogens is 220 g/mol. The van der Waals surface area contributed by atoms with E-state index in [1.165, 1.54) is 11.3 Å². The standard InChI is InChI=1S/C9H13ClN2OS/c1-6(4-5-11)9(13)12-8-3-2-7(10)14-8/h2-3,6H,4-5,11H2,1H3,(H,12,13). The molecule has 5 heteroatoms. The average Bonchev–Trinajstić information content (AvgIpc) is 2.51. The molecule has 78 valence electrons. The van der Waals surface area contributed by atoms with Crippen LogP contribution in [0.1, 0.15) is 13.3 Å². The van der Waals surface area contributed by atoms with E-state index in [-0.39, 0.29) is 11.8 Å². The summed E-state index contributed by atoms with van der Waals surface area (Å²) in [4.78, 5) is 11.5. The van der Waals surface area contributed by atoms with Crippen LogP contribution in [0.4, 0.5) is 5.00 Å². The summed E-state index contributed by atoms with van der Waals surface area (Å²) in [6.45, 7) is 2.39. The van der Waals surface area contributed by atoms with Gasteiger partial charge in [0.15, 0.2) is 0 Å². The highest BCUT2D eigenvalue weighted by atomic mass is 35.5. The van der Waals surface area contributed by atoms with Gasteiger partial charge in [0.05, 0.1) is 9.34 Å². The molecule has 0 bridgehead atoms. The summed E-state index contributed by atoms with van der Waals surface area (Å²) < 4.78 is 0.673. The molecule has 0 aliphatic rings. The number of nitrogens with two attached hydrogens (primary N) is 1. The monoisotopic (exact) mass is 232 g/mol. The van der Waals surface area contributed by atoms with Crippen LogP contribution in [0.15, 0.2) is 12.1 Å². The number of hydrogen-bond acceptors (Lipinski definition) is 3. The number of carbonyl (C=O) groups excluding carboxylic acids is 1. The molecule has 1 amide bonds. The lowest BCUT2D eigenvalue weighted by Gasteiger charge is -2.08. The van der Waals surface area contributed by atoms with Gasteiger partial charge in [0.25, 0.3) is 0 Å². The van der Waals surface area contributed by atoms with Crippen LogP contribution < -0.4 is 11.1 Å². The highest BCUT2D eigenvalue weighted by Crippen LogP contribution is 2.26. The predicted molar refractivity (Wildman–Crippen MR) is 60.8 cm³/mol. The molecule has 3 N–H and O–H groups in total. The molecule has 3 nitrogen and oxygen atoms in total. The predicted octanol–water partition coefficient (Wildman–Crippen LogP) is 2.32. The highest BCUT2D eigenvalue weighted by Gasteiger charge is 2.12. The Kier molecular flexibility index (Phi) is 4.38. The molecule has 0 saturated heterocycles.